The zero-order valence-corrected chi connectivity index (χ0v) is 21.8. The van der Waals surface area contributed by atoms with Crippen LogP contribution in [0.4, 0.5) is 17.5 Å². The molecule has 1 saturated carbocycles. The van der Waals surface area contributed by atoms with Gasteiger partial charge in [-0.1, -0.05) is 18.6 Å². The highest BCUT2D eigenvalue weighted by Gasteiger charge is 2.46. The summed E-state index contributed by atoms with van der Waals surface area (Å²) in [6.45, 7) is 7.00. The van der Waals surface area contributed by atoms with E-state index in [1.165, 1.54) is 14.0 Å². The number of ether oxygens (including phenoxy) is 1. The van der Waals surface area contributed by atoms with E-state index in [2.05, 4.69) is 15.2 Å². The molecule has 1 atom stereocenters. The molecule has 2 fully saturated rings. The number of nitrogens with one attached hydrogen (secondary N) is 2. The van der Waals surface area contributed by atoms with Crippen LogP contribution in [0.2, 0.25) is 0 Å². The topological polar surface area (TPSA) is 129 Å². The number of Topliss-reactive ketones (excluding diaryl/α,β-unsaturated/α-hetero) is 1. The number of anilines is 3. The minimum atomic E-state index is -0.762. The Balaban J connectivity index is 1.62. The molecule has 10 nitrogen and oxygen atoms in total. The van der Waals surface area contributed by atoms with Crippen LogP contribution in [-0.4, -0.2) is 71.5 Å². The van der Waals surface area contributed by atoms with E-state index in [-0.39, 0.29) is 23.4 Å². The molecule has 1 aliphatic heterocycles. The minimum Gasteiger partial charge on any atom is -0.468 e. The maximum atomic E-state index is 12.4. The lowest BCUT2D eigenvalue weighted by Gasteiger charge is -2.39. The van der Waals surface area contributed by atoms with Gasteiger partial charge in [-0.05, 0) is 44.4 Å². The summed E-state index contributed by atoms with van der Waals surface area (Å²) in [5.74, 6) is -0.140. The highest BCUT2D eigenvalue weighted by Crippen LogP contribution is 2.45. The number of methoxy groups -OCH3 is 1. The Kier molecular flexibility index (Phi) is 7.56. The van der Waals surface area contributed by atoms with Crippen molar-refractivity contribution in [3.05, 3.63) is 41.6 Å². The monoisotopic (exact) mass is 506 g/mol. The van der Waals surface area contributed by atoms with Crippen molar-refractivity contribution in [1.82, 2.24) is 14.9 Å². The summed E-state index contributed by atoms with van der Waals surface area (Å²) in [5.41, 5.74) is 1.75. The number of hydrogen-bond acceptors (Lipinski definition) is 9. The third-order valence-corrected chi connectivity index (χ3v) is 7.39. The summed E-state index contributed by atoms with van der Waals surface area (Å²) < 4.78 is 5.06. The molecule has 1 unspecified atom stereocenters. The molecule has 1 aromatic carbocycles. The largest absolute Gasteiger partial charge is 0.468 e. The molecule has 4 rings (SSSR count). The molecule has 0 radical (unpaired) electrons. The molecule has 37 heavy (non-hydrogen) atoms. The Morgan fingerprint density at radius 1 is 1.03 bits per heavy atom. The summed E-state index contributed by atoms with van der Waals surface area (Å²) >= 11 is 0. The molecular weight excluding hydrogens is 472 g/mol. The number of aromatic nitrogens is 2. The first-order valence-electron chi connectivity index (χ1n) is 12.6. The number of nitrogens with zero attached hydrogens (tertiary/aromatic N) is 4. The molecule has 2 heterocycles. The average molecular weight is 507 g/mol. The fourth-order valence-electron chi connectivity index (χ4n) is 5.14. The van der Waals surface area contributed by atoms with Crippen LogP contribution in [0, 0.1) is 5.41 Å². The number of amides is 1. The second-order valence-electron chi connectivity index (χ2n) is 9.82. The molecule has 2 N–H and O–H groups in total. The highest BCUT2D eigenvalue weighted by atomic mass is 16.5. The van der Waals surface area contributed by atoms with Gasteiger partial charge in [-0.15, -0.1) is 0 Å². The Morgan fingerprint density at radius 2 is 1.68 bits per heavy atom. The highest BCUT2D eigenvalue weighted by molar-refractivity contribution is 6.06. The molecular formula is C27H34N6O4. The van der Waals surface area contributed by atoms with Gasteiger partial charge in [0.2, 0.25) is 11.9 Å². The lowest BCUT2D eigenvalue weighted by atomic mass is 9.64. The van der Waals surface area contributed by atoms with Gasteiger partial charge in [0.05, 0.1) is 24.1 Å². The summed E-state index contributed by atoms with van der Waals surface area (Å²) in [6, 6.07) is 9.36. The van der Waals surface area contributed by atoms with Gasteiger partial charge >= 0.3 is 5.97 Å². The third-order valence-electron chi connectivity index (χ3n) is 7.39. The predicted molar refractivity (Wildman–Crippen MR) is 141 cm³/mol. The van der Waals surface area contributed by atoms with Gasteiger partial charge in [-0.2, -0.15) is 4.98 Å². The van der Waals surface area contributed by atoms with Crippen LogP contribution in [0.1, 0.15) is 57.2 Å². The molecule has 1 aromatic heterocycles. The first-order valence-corrected chi connectivity index (χ1v) is 12.6. The van der Waals surface area contributed by atoms with Crippen molar-refractivity contribution in [3.63, 3.8) is 0 Å². The molecule has 0 spiro atoms. The lowest BCUT2D eigenvalue weighted by Crippen LogP contribution is -2.48. The Labute approximate surface area is 216 Å². The number of rotatable bonds is 8. The number of hydrogen-bond donors (Lipinski definition) is 2. The maximum absolute atomic E-state index is 12.4. The van der Waals surface area contributed by atoms with Gasteiger partial charge in [0, 0.05) is 50.6 Å². The van der Waals surface area contributed by atoms with Crippen LogP contribution in [0.5, 0.6) is 0 Å². The van der Waals surface area contributed by atoms with Crippen molar-refractivity contribution in [2.45, 2.75) is 51.4 Å². The van der Waals surface area contributed by atoms with E-state index >= 15 is 0 Å². The fourth-order valence-corrected chi connectivity index (χ4v) is 5.14. The Bertz CT molecular complexity index is 1190. The van der Waals surface area contributed by atoms with Gasteiger partial charge in [-0.3, -0.25) is 14.4 Å². The number of carbonyl (C=O) groups excluding carboxylic acids is 3. The molecule has 2 aliphatic rings. The van der Waals surface area contributed by atoms with Crippen molar-refractivity contribution >= 4 is 40.8 Å². The summed E-state index contributed by atoms with van der Waals surface area (Å²) in [6.07, 6.45) is 2.53. The van der Waals surface area contributed by atoms with Gasteiger partial charge in [-0.25, -0.2) is 4.98 Å². The van der Waals surface area contributed by atoms with E-state index < -0.39 is 11.3 Å². The molecule has 196 valence electrons. The van der Waals surface area contributed by atoms with Crippen LogP contribution < -0.4 is 10.2 Å². The maximum Gasteiger partial charge on any atom is 0.316 e. The van der Waals surface area contributed by atoms with E-state index in [9.17, 15) is 14.4 Å². The molecule has 2 aromatic rings. The first kappa shape index (κ1) is 26.2. The van der Waals surface area contributed by atoms with Gasteiger partial charge < -0.3 is 25.3 Å². The third kappa shape index (κ3) is 5.33. The zero-order chi connectivity index (χ0) is 26.7. The van der Waals surface area contributed by atoms with Crippen molar-refractivity contribution < 1.29 is 19.1 Å². The summed E-state index contributed by atoms with van der Waals surface area (Å²) in [4.78, 5) is 49.7. The summed E-state index contributed by atoms with van der Waals surface area (Å²) in [5, 5.41) is 11.4. The van der Waals surface area contributed by atoms with Crippen molar-refractivity contribution in [2.24, 2.45) is 0 Å². The van der Waals surface area contributed by atoms with E-state index in [1.807, 2.05) is 24.3 Å². The predicted octanol–water partition coefficient (Wildman–Crippen LogP) is 3.20. The Morgan fingerprint density at radius 3 is 2.16 bits per heavy atom. The second-order valence-corrected chi connectivity index (χ2v) is 9.82. The zero-order valence-electron chi connectivity index (χ0n) is 21.8. The Hall–Kier alpha value is -3.82. The SMILES string of the molecule is COC(=O)C1(c2ccc(Nc3nc(C(C(C)=N)C(C)=O)cc(N4CCN(C(C)=O)CC4)n3)cc2)CCC1. The van der Waals surface area contributed by atoms with Crippen molar-refractivity contribution in [3.8, 4) is 0 Å². The van der Waals surface area contributed by atoms with E-state index in [1.54, 1.807) is 24.8 Å². The van der Waals surface area contributed by atoms with Crippen molar-refractivity contribution in [1.29, 1.82) is 5.41 Å². The first-order chi connectivity index (χ1) is 17.6. The number of ketones is 1. The van der Waals surface area contributed by atoms with E-state index in [0.29, 0.717) is 43.6 Å². The van der Waals surface area contributed by atoms with Crippen LogP contribution in [-0.2, 0) is 24.5 Å². The number of carbonyl (C=O) groups is 3. The van der Waals surface area contributed by atoms with E-state index in [4.69, 9.17) is 15.1 Å². The molecule has 0 bridgehead atoms. The standard InChI is InChI=1S/C27H34N6O4/c1-17(28)24(18(2)34)22-16-23(33-14-12-32(13-15-33)19(3)35)31-26(30-22)29-21-8-6-20(7-9-21)27(10-5-11-27)25(36)37-4/h6-9,16,24,28H,5,10-15H2,1-4H3,(H,29,30,31). The van der Waals surface area contributed by atoms with Crippen molar-refractivity contribution in [2.75, 3.05) is 43.5 Å². The van der Waals surface area contributed by atoms with Gasteiger partial charge in [0.25, 0.3) is 0 Å². The number of benzene rings is 1. The van der Waals surface area contributed by atoms with Gasteiger partial charge in [0.1, 0.15) is 11.6 Å². The summed E-state index contributed by atoms with van der Waals surface area (Å²) in [7, 11) is 1.42. The smallest absolute Gasteiger partial charge is 0.316 e. The number of piperazine rings is 1. The second kappa shape index (κ2) is 10.7. The molecule has 1 saturated heterocycles. The number of esters is 1. The lowest BCUT2D eigenvalue weighted by molar-refractivity contribution is -0.151. The molecule has 10 heteroatoms. The van der Waals surface area contributed by atoms with Crippen LogP contribution in [0.25, 0.3) is 0 Å². The van der Waals surface area contributed by atoms with E-state index in [0.717, 1.165) is 30.5 Å². The fraction of sp³-hybridized carbons (Fsp3) is 0.481. The van der Waals surface area contributed by atoms with Crippen LogP contribution >= 0.6 is 0 Å². The molecule has 1 aliphatic carbocycles. The van der Waals surface area contributed by atoms with Gasteiger partial charge in [0.15, 0.2) is 0 Å². The van der Waals surface area contributed by atoms with Crippen LogP contribution in [0.15, 0.2) is 30.3 Å². The normalized spacial score (nSPS) is 17.4. The molecule has 1 amide bonds. The minimum absolute atomic E-state index is 0.0424. The average Bonchev–Trinajstić information content (AvgIpc) is 2.83. The quantitative estimate of drug-likeness (QED) is 0.413. The van der Waals surface area contributed by atoms with Crippen LogP contribution in [0.3, 0.4) is 0 Å².